The maximum atomic E-state index is 12.7. The molecule has 146 valence electrons. The molecule has 2 atom stereocenters. The molecule has 2 amide bonds. The van der Waals surface area contributed by atoms with Crippen molar-refractivity contribution in [3.63, 3.8) is 0 Å². The van der Waals surface area contributed by atoms with Gasteiger partial charge in [0, 0.05) is 30.8 Å². The Morgan fingerprint density at radius 3 is 2.32 bits per heavy atom. The maximum Gasteiger partial charge on any atom is 0.303 e. The number of hydrogen-bond acceptors (Lipinski definition) is 3. The minimum Gasteiger partial charge on any atom is -0.481 e. The first-order chi connectivity index (χ1) is 13.4. The van der Waals surface area contributed by atoms with E-state index < -0.39 is 5.97 Å². The van der Waals surface area contributed by atoms with Gasteiger partial charge in [0.25, 0.3) is 0 Å². The van der Waals surface area contributed by atoms with E-state index in [1.54, 1.807) is 16.7 Å². The van der Waals surface area contributed by atoms with E-state index in [4.69, 9.17) is 5.11 Å². The highest BCUT2D eigenvalue weighted by molar-refractivity contribution is 5.98. The number of benzene rings is 2. The van der Waals surface area contributed by atoms with Crippen molar-refractivity contribution >= 4 is 29.2 Å². The number of hydrogen-bond donors (Lipinski definition) is 1. The SMILES string of the molecule is CC(=O)N(c1ccccc1)C1CC(C)N(C(=O)CCC(=O)O)c2ccccc21. The Kier molecular flexibility index (Phi) is 5.78. The zero-order valence-corrected chi connectivity index (χ0v) is 16.0. The number of nitrogens with zero attached hydrogens (tertiary/aromatic N) is 2. The van der Waals surface area contributed by atoms with Gasteiger partial charge < -0.3 is 14.9 Å². The first kappa shape index (κ1) is 19.6. The molecule has 1 aliphatic heterocycles. The van der Waals surface area contributed by atoms with Crippen LogP contribution in [0.5, 0.6) is 0 Å². The molecule has 0 saturated heterocycles. The molecule has 1 N–H and O–H groups in total. The second-order valence-electron chi connectivity index (χ2n) is 7.04. The lowest BCUT2D eigenvalue weighted by Gasteiger charge is -2.43. The monoisotopic (exact) mass is 380 g/mol. The minimum absolute atomic E-state index is 0.0478. The van der Waals surface area contributed by atoms with Gasteiger partial charge in [0.15, 0.2) is 0 Å². The van der Waals surface area contributed by atoms with Crippen LogP contribution in [0, 0.1) is 0 Å². The minimum atomic E-state index is -0.990. The van der Waals surface area contributed by atoms with Crippen LogP contribution in [0.25, 0.3) is 0 Å². The van der Waals surface area contributed by atoms with Crippen LogP contribution in [0.2, 0.25) is 0 Å². The van der Waals surface area contributed by atoms with Crippen molar-refractivity contribution in [1.29, 1.82) is 0 Å². The third kappa shape index (κ3) is 3.91. The summed E-state index contributed by atoms with van der Waals surface area (Å²) in [5, 5.41) is 8.91. The number of carboxylic acids is 1. The third-order valence-electron chi connectivity index (χ3n) is 5.07. The van der Waals surface area contributed by atoms with Gasteiger partial charge in [0.05, 0.1) is 12.5 Å². The highest BCUT2D eigenvalue weighted by Crippen LogP contribution is 2.42. The average Bonchev–Trinajstić information content (AvgIpc) is 2.67. The van der Waals surface area contributed by atoms with E-state index in [9.17, 15) is 14.4 Å². The molecule has 1 aliphatic rings. The largest absolute Gasteiger partial charge is 0.481 e. The summed E-state index contributed by atoms with van der Waals surface area (Å²) in [4.78, 5) is 39.6. The standard InChI is InChI=1S/C22H24N2O4/c1-15-14-20(24(16(2)25)17-8-4-3-5-9-17)18-10-6-7-11-19(18)23(15)21(26)12-13-22(27)28/h3-11,15,20H,12-14H2,1-2H3,(H,27,28). The normalized spacial score (nSPS) is 18.3. The Labute approximate surface area is 164 Å². The smallest absolute Gasteiger partial charge is 0.303 e. The van der Waals surface area contributed by atoms with Crippen molar-refractivity contribution in [2.45, 2.75) is 45.2 Å². The van der Waals surface area contributed by atoms with Crippen LogP contribution in [0.15, 0.2) is 54.6 Å². The average molecular weight is 380 g/mol. The molecule has 2 aromatic carbocycles. The molecular formula is C22H24N2O4. The van der Waals surface area contributed by atoms with Crippen LogP contribution in [0.4, 0.5) is 11.4 Å². The number of fused-ring (bicyclic) bond motifs is 1. The second-order valence-corrected chi connectivity index (χ2v) is 7.04. The van der Waals surface area contributed by atoms with Gasteiger partial charge in [0.2, 0.25) is 11.8 Å². The summed E-state index contributed by atoms with van der Waals surface area (Å²) in [5.41, 5.74) is 2.44. The maximum absolute atomic E-state index is 12.7. The molecule has 0 bridgehead atoms. The zero-order chi connectivity index (χ0) is 20.3. The Morgan fingerprint density at radius 2 is 1.68 bits per heavy atom. The number of para-hydroxylation sites is 2. The Morgan fingerprint density at radius 1 is 1.04 bits per heavy atom. The predicted octanol–water partition coefficient (Wildman–Crippen LogP) is 3.77. The predicted molar refractivity (Wildman–Crippen MR) is 107 cm³/mol. The molecule has 3 rings (SSSR count). The van der Waals surface area contributed by atoms with Crippen molar-refractivity contribution in [2.75, 3.05) is 9.80 Å². The van der Waals surface area contributed by atoms with Crippen molar-refractivity contribution in [3.05, 3.63) is 60.2 Å². The van der Waals surface area contributed by atoms with Gasteiger partial charge in [-0.3, -0.25) is 14.4 Å². The van der Waals surface area contributed by atoms with Gasteiger partial charge in [0.1, 0.15) is 0 Å². The first-order valence-electron chi connectivity index (χ1n) is 9.37. The van der Waals surface area contributed by atoms with E-state index in [0.717, 1.165) is 16.9 Å². The fourth-order valence-electron chi connectivity index (χ4n) is 3.91. The number of anilines is 2. The molecule has 0 aliphatic carbocycles. The molecule has 2 aromatic rings. The molecule has 0 aromatic heterocycles. The van der Waals surface area contributed by atoms with Crippen molar-refractivity contribution in [1.82, 2.24) is 0 Å². The van der Waals surface area contributed by atoms with Gasteiger partial charge in [-0.1, -0.05) is 36.4 Å². The summed E-state index contributed by atoms with van der Waals surface area (Å²) < 4.78 is 0. The van der Waals surface area contributed by atoms with Crippen molar-refractivity contribution in [3.8, 4) is 0 Å². The first-order valence-corrected chi connectivity index (χ1v) is 9.37. The fraction of sp³-hybridized carbons (Fsp3) is 0.318. The highest BCUT2D eigenvalue weighted by atomic mass is 16.4. The molecule has 6 heteroatoms. The topological polar surface area (TPSA) is 77.9 Å². The molecule has 28 heavy (non-hydrogen) atoms. The van der Waals surface area contributed by atoms with Crippen LogP contribution < -0.4 is 9.80 Å². The van der Waals surface area contributed by atoms with E-state index in [2.05, 4.69) is 0 Å². The van der Waals surface area contributed by atoms with Crippen molar-refractivity contribution < 1.29 is 19.5 Å². The van der Waals surface area contributed by atoms with Crippen LogP contribution in [0.1, 0.15) is 44.7 Å². The number of carbonyl (C=O) groups is 3. The Hall–Kier alpha value is -3.15. The molecular weight excluding hydrogens is 356 g/mol. The summed E-state index contributed by atoms with van der Waals surface area (Å²) in [5.74, 6) is -1.27. The Bertz CT molecular complexity index is 881. The number of amides is 2. The van der Waals surface area contributed by atoms with Gasteiger partial charge in [-0.15, -0.1) is 0 Å². The van der Waals surface area contributed by atoms with Gasteiger partial charge in [-0.2, -0.15) is 0 Å². The van der Waals surface area contributed by atoms with E-state index in [1.165, 1.54) is 0 Å². The number of rotatable bonds is 5. The Balaban J connectivity index is 2.01. The van der Waals surface area contributed by atoms with E-state index >= 15 is 0 Å². The van der Waals surface area contributed by atoms with Crippen molar-refractivity contribution in [2.24, 2.45) is 0 Å². The summed E-state index contributed by atoms with van der Waals surface area (Å²) in [7, 11) is 0. The lowest BCUT2D eigenvalue weighted by molar-refractivity contribution is -0.138. The van der Waals surface area contributed by atoms with E-state index in [0.29, 0.717) is 6.42 Å². The molecule has 2 unspecified atom stereocenters. The van der Waals surface area contributed by atoms with Crippen LogP contribution in [-0.4, -0.2) is 28.9 Å². The molecule has 0 spiro atoms. The second kappa shape index (κ2) is 8.25. The van der Waals surface area contributed by atoms with Gasteiger partial charge in [-0.05, 0) is 37.1 Å². The third-order valence-corrected chi connectivity index (χ3v) is 5.07. The van der Waals surface area contributed by atoms with Gasteiger partial charge in [-0.25, -0.2) is 0 Å². The fourth-order valence-corrected chi connectivity index (χ4v) is 3.91. The quantitative estimate of drug-likeness (QED) is 0.856. The molecule has 6 nitrogen and oxygen atoms in total. The van der Waals surface area contributed by atoms with Crippen LogP contribution in [0.3, 0.4) is 0 Å². The summed E-state index contributed by atoms with van der Waals surface area (Å²) in [6.45, 7) is 3.48. The van der Waals surface area contributed by atoms with E-state index in [-0.39, 0.29) is 36.7 Å². The molecule has 0 radical (unpaired) electrons. The summed E-state index contributed by atoms with van der Waals surface area (Å²) in [6, 6.07) is 16.7. The summed E-state index contributed by atoms with van der Waals surface area (Å²) >= 11 is 0. The molecule has 1 heterocycles. The molecule has 0 saturated carbocycles. The lowest BCUT2D eigenvalue weighted by atomic mass is 9.89. The highest BCUT2D eigenvalue weighted by Gasteiger charge is 2.37. The van der Waals surface area contributed by atoms with Crippen LogP contribution >= 0.6 is 0 Å². The molecule has 0 fully saturated rings. The van der Waals surface area contributed by atoms with Gasteiger partial charge >= 0.3 is 5.97 Å². The number of carboxylic acid groups (broad SMARTS) is 1. The lowest BCUT2D eigenvalue weighted by Crippen LogP contribution is -2.47. The number of carbonyl (C=O) groups excluding carboxylic acids is 2. The van der Waals surface area contributed by atoms with Crippen LogP contribution in [-0.2, 0) is 14.4 Å². The van der Waals surface area contributed by atoms with E-state index in [1.807, 2.05) is 61.5 Å². The number of aliphatic carboxylic acids is 1. The zero-order valence-electron chi connectivity index (χ0n) is 16.0. The summed E-state index contributed by atoms with van der Waals surface area (Å²) in [6.07, 6.45) is 0.329.